The molecule has 2 aromatic carbocycles. The normalized spacial score (nSPS) is 11.9. The monoisotopic (exact) mass is 413 g/mol. The van der Waals surface area contributed by atoms with Crippen molar-refractivity contribution in [2.45, 2.75) is 21.6 Å². The highest BCUT2D eigenvalue weighted by Crippen LogP contribution is 2.30. The Kier molecular flexibility index (Phi) is 5.50. The first kappa shape index (κ1) is 20.7. The molecule has 0 saturated heterocycles. The summed E-state index contributed by atoms with van der Waals surface area (Å²) < 4.78 is 58.1. The molecule has 0 aliphatic rings. The average molecular weight is 413 g/mol. The number of benzene rings is 2. The number of rotatable bonds is 4. The number of carbonyl (C=O) groups is 1. The molecule has 2 rings (SSSR count). The zero-order chi connectivity index (χ0) is 20.6. The maximum Gasteiger partial charge on any atom is 0.321 e. The number of nitrogens with zero attached hydrogens (tertiary/aromatic N) is 1. The van der Waals surface area contributed by atoms with E-state index in [1.54, 1.807) is 0 Å². The number of aryl methyl sites for hydroxylation is 1. The fraction of sp³-hybridized carbons (Fsp3) is 0.188. The molecule has 0 atom stereocenters. The van der Waals surface area contributed by atoms with Crippen molar-refractivity contribution in [2.75, 3.05) is 25.1 Å². The lowest BCUT2D eigenvalue weighted by atomic mass is 10.2. The Hall–Kier alpha value is -2.63. The molecule has 0 saturated carbocycles. The molecular formula is C16H19N3O6S2. The lowest BCUT2D eigenvalue weighted by Gasteiger charge is -2.14. The van der Waals surface area contributed by atoms with E-state index in [1.165, 1.54) is 56.3 Å². The van der Waals surface area contributed by atoms with E-state index in [1.807, 2.05) is 0 Å². The van der Waals surface area contributed by atoms with Gasteiger partial charge in [0.2, 0.25) is 9.84 Å². The molecular weight excluding hydrogens is 394 g/mol. The van der Waals surface area contributed by atoms with Crippen molar-refractivity contribution in [1.82, 2.24) is 4.90 Å². The van der Waals surface area contributed by atoms with Gasteiger partial charge in [0.1, 0.15) is 0 Å². The van der Waals surface area contributed by atoms with Gasteiger partial charge in [0.05, 0.1) is 20.4 Å². The van der Waals surface area contributed by atoms with Crippen molar-refractivity contribution in [3.8, 4) is 0 Å². The van der Waals surface area contributed by atoms with Crippen LogP contribution < -0.4 is 11.1 Å². The van der Waals surface area contributed by atoms with E-state index < -0.39 is 30.9 Å². The van der Waals surface area contributed by atoms with Crippen molar-refractivity contribution in [3.05, 3.63) is 42.0 Å². The Morgan fingerprint density at radius 2 is 1.67 bits per heavy atom. The van der Waals surface area contributed by atoms with Gasteiger partial charge in [-0.15, -0.1) is 0 Å². The lowest BCUT2D eigenvalue weighted by molar-refractivity contribution is 0.230. The molecule has 0 radical (unpaired) electrons. The van der Waals surface area contributed by atoms with Crippen LogP contribution in [0.25, 0.3) is 0 Å². The number of nitrogens with two attached hydrogens (primary N) is 1. The first-order valence-electron chi connectivity index (χ1n) is 7.55. The van der Waals surface area contributed by atoms with E-state index in [0.29, 0.717) is 0 Å². The lowest BCUT2D eigenvalue weighted by Crippen LogP contribution is -2.27. The second-order valence-corrected chi connectivity index (χ2v) is 9.29. The average Bonchev–Trinajstić information content (AvgIpc) is 2.55. The van der Waals surface area contributed by atoms with Crippen LogP contribution in [0.15, 0.2) is 51.1 Å². The van der Waals surface area contributed by atoms with E-state index in [4.69, 9.17) is 5.73 Å². The molecule has 0 aliphatic carbocycles. The summed E-state index contributed by atoms with van der Waals surface area (Å²) in [4.78, 5) is 11.9. The van der Waals surface area contributed by atoms with Crippen LogP contribution in [0.1, 0.15) is 5.56 Å². The predicted molar refractivity (Wildman–Crippen MR) is 100 cm³/mol. The standard InChI is InChI=1S/C16H19N3O6S2/c1-10-4-6-12(9-14(10)27(23,24)25)26(21,22)15-8-11(5-7-13(15)17)18-16(20)19(2)3/h4-9H,17H2,1-3H3,(H,18,20)(H,23,24,25). The summed E-state index contributed by atoms with van der Waals surface area (Å²) >= 11 is 0. The predicted octanol–water partition coefficient (Wildman–Crippen LogP) is 1.75. The number of urea groups is 1. The van der Waals surface area contributed by atoms with E-state index in [2.05, 4.69) is 5.32 Å². The van der Waals surface area contributed by atoms with Gasteiger partial charge in [-0.2, -0.15) is 8.42 Å². The number of carbonyl (C=O) groups excluding carboxylic acids is 1. The number of hydrogen-bond acceptors (Lipinski definition) is 6. The molecule has 4 N–H and O–H groups in total. The van der Waals surface area contributed by atoms with E-state index in [9.17, 15) is 26.2 Å². The highest BCUT2D eigenvalue weighted by Gasteiger charge is 2.24. The van der Waals surface area contributed by atoms with Gasteiger partial charge >= 0.3 is 6.03 Å². The van der Waals surface area contributed by atoms with Crippen LogP contribution in [0.3, 0.4) is 0 Å². The fourth-order valence-electron chi connectivity index (χ4n) is 2.23. The van der Waals surface area contributed by atoms with Gasteiger partial charge in [-0.05, 0) is 42.8 Å². The first-order chi connectivity index (χ1) is 12.3. The molecule has 0 aliphatic heterocycles. The molecule has 0 aromatic heterocycles. The summed E-state index contributed by atoms with van der Waals surface area (Å²) in [6, 6.07) is 6.81. The highest BCUT2D eigenvalue weighted by atomic mass is 32.2. The third-order valence-electron chi connectivity index (χ3n) is 3.71. The smallest absolute Gasteiger partial charge is 0.321 e. The maximum atomic E-state index is 12.9. The number of anilines is 2. The quantitative estimate of drug-likeness (QED) is 0.511. The van der Waals surface area contributed by atoms with Crippen molar-refractivity contribution in [3.63, 3.8) is 0 Å². The van der Waals surface area contributed by atoms with Crippen molar-refractivity contribution in [2.24, 2.45) is 0 Å². The summed E-state index contributed by atoms with van der Waals surface area (Å²) in [6.45, 7) is 1.42. The first-order valence-corrected chi connectivity index (χ1v) is 10.5. The molecule has 0 bridgehead atoms. The molecule has 11 heteroatoms. The number of sulfone groups is 1. The van der Waals surface area contributed by atoms with E-state index in [0.717, 1.165) is 6.07 Å². The minimum Gasteiger partial charge on any atom is -0.398 e. The third kappa shape index (κ3) is 4.38. The van der Waals surface area contributed by atoms with Gasteiger partial charge in [0, 0.05) is 19.8 Å². The fourth-order valence-corrected chi connectivity index (χ4v) is 4.49. The van der Waals surface area contributed by atoms with Gasteiger partial charge in [0.15, 0.2) is 0 Å². The highest BCUT2D eigenvalue weighted by molar-refractivity contribution is 7.91. The van der Waals surface area contributed by atoms with Gasteiger partial charge < -0.3 is 16.0 Å². The Balaban J connectivity index is 2.59. The molecule has 2 amide bonds. The van der Waals surface area contributed by atoms with Crippen LogP contribution in [0, 0.1) is 6.92 Å². The second-order valence-electron chi connectivity index (χ2n) is 5.98. The van der Waals surface area contributed by atoms with Gasteiger partial charge in [-0.25, -0.2) is 13.2 Å². The zero-order valence-electron chi connectivity index (χ0n) is 14.8. The topological polar surface area (TPSA) is 147 Å². The summed E-state index contributed by atoms with van der Waals surface area (Å²) in [5.41, 5.74) is 6.10. The van der Waals surface area contributed by atoms with Gasteiger partial charge in [0.25, 0.3) is 10.1 Å². The van der Waals surface area contributed by atoms with Crippen LogP contribution in [0.4, 0.5) is 16.2 Å². The molecule has 146 valence electrons. The minimum absolute atomic E-state index is 0.0770. The Bertz CT molecular complexity index is 1110. The van der Waals surface area contributed by atoms with Crippen molar-refractivity contribution >= 4 is 37.4 Å². The van der Waals surface area contributed by atoms with Gasteiger partial charge in [-0.3, -0.25) is 4.55 Å². The summed E-state index contributed by atoms with van der Waals surface area (Å²) in [5.74, 6) is 0. The van der Waals surface area contributed by atoms with Crippen LogP contribution >= 0.6 is 0 Å². The molecule has 9 nitrogen and oxygen atoms in total. The van der Waals surface area contributed by atoms with Crippen LogP contribution in [-0.4, -0.2) is 46.4 Å². The minimum atomic E-state index is -4.60. The molecule has 0 heterocycles. The number of nitrogens with one attached hydrogen (secondary N) is 1. The van der Waals surface area contributed by atoms with Gasteiger partial charge in [-0.1, -0.05) is 6.07 Å². The van der Waals surface area contributed by atoms with Crippen molar-refractivity contribution in [1.29, 1.82) is 0 Å². The Morgan fingerprint density at radius 1 is 1.04 bits per heavy atom. The zero-order valence-corrected chi connectivity index (χ0v) is 16.4. The summed E-state index contributed by atoms with van der Waals surface area (Å²) in [7, 11) is -5.77. The maximum absolute atomic E-state index is 12.9. The summed E-state index contributed by atoms with van der Waals surface area (Å²) in [5, 5.41) is 2.51. The number of amides is 2. The largest absolute Gasteiger partial charge is 0.398 e. The molecule has 0 spiro atoms. The molecule has 0 unspecified atom stereocenters. The van der Waals surface area contributed by atoms with Crippen LogP contribution in [-0.2, 0) is 20.0 Å². The van der Waals surface area contributed by atoms with E-state index in [-0.39, 0.29) is 26.7 Å². The molecule has 0 fully saturated rings. The Labute approximate surface area is 157 Å². The molecule has 27 heavy (non-hydrogen) atoms. The third-order valence-corrected chi connectivity index (χ3v) is 6.51. The number of nitrogen functional groups attached to an aromatic ring is 1. The van der Waals surface area contributed by atoms with Crippen LogP contribution in [0.2, 0.25) is 0 Å². The second kappa shape index (κ2) is 7.18. The van der Waals surface area contributed by atoms with Crippen molar-refractivity contribution < 1.29 is 26.2 Å². The van der Waals surface area contributed by atoms with E-state index >= 15 is 0 Å². The SMILES string of the molecule is Cc1ccc(S(=O)(=O)c2cc(NC(=O)N(C)C)ccc2N)cc1S(=O)(=O)O. The summed E-state index contributed by atoms with van der Waals surface area (Å²) in [6.07, 6.45) is 0. The molecule has 2 aromatic rings. The van der Waals surface area contributed by atoms with Crippen LogP contribution in [0.5, 0.6) is 0 Å². The number of hydrogen-bond donors (Lipinski definition) is 3. The Morgan fingerprint density at radius 3 is 2.22 bits per heavy atom.